The van der Waals surface area contributed by atoms with Gasteiger partial charge in [0.05, 0.1) is 24.9 Å². The van der Waals surface area contributed by atoms with Crippen LogP contribution in [0.15, 0.2) is 40.4 Å². The molecule has 3 aromatic rings. The van der Waals surface area contributed by atoms with E-state index in [0.29, 0.717) is 22.8 Å². The maximum Gasteiger partial charge on any atom is 0.312 e. The van der Waals surface area contributed by atoms with Gasteiger partial charge in [-0.2, -0.15) is 11.3 Å². The van der Waals surface area contributed by atoms with Crippen molar-refractivity contribution >= 4 is 51.8 Å². The van der Waals surface area contributed by atoms with Gasteiger partial charge in [0.15, 0.2) is 6.61 Å². The maximum absolute atomic E-state index is 12.2. The SMILES string of the molecule is COc1ccc(NC(C)=O)cc1NC(=O)COC(=O)Cc1csc(-c2ccsc2)n1. The summed E-state index contributed by atoms with van der Waals surface area (Å²) in [5.74, 6) is -0.909. The Bertz CT molecular complexity index is 1050. The van der Waals surface area contributed by atoms with Crippen LogP contribution in [0.5, 0.6) is 5.75 Å². The number of nitrogens with one attached hydrogen (secondary N) is 2. The largest absolute Gasteiger partial charge is 0.495 e. The molecule has 30 heavy (non-hydrogen) atoms. The molecular weight excluding hydrogens is 426 g/mol. The number of benzene rings is 1. The second kappa shape index (κ2) is 9.99. The normalized spacial score (nSPS) is 10.3. The zero-order valence-corrected chi connectivity index (χ0v) is 17.9. The van der Waals surface area contributed by atoms with E-state index in [1.165, 1.54) is 25.4 Å². The molecule has 2 heterocycles. The quantitative estimate of drug-likeness (QED) is 0.514. The first kappa shape index (κ1) is 21.5. The van der Waals surface area contributed by atoms with Gasteiger partial charge in [-0.3, -0.25) is 14.4 Å². The molecule has 0 aliphatic carbocycles. The van der Waals surface area contributed by atoms with E-state index >= 15 is 0 Å². The van der Waals surface area contributed by atoms with E-state index in [9.17, 15) is 14.4 Å². The fourth-order valence-corrected chi connectivity index (χ4v) is 4.06. The van der Waals surface area contributed by atoms with Crippen molar-refractivity contribution in [1.29, 1.82) is 0 Å². The molecular formula is C20H19N3O5S2. The number of rotatable bonds is 8. The fraction of sp³-hybridized carbons (Fsp3) is 0.200. The van der Waals surface area contributed by atoms with Crippen LogP contribution in [-0.4, -0.2) is 36.5 Å². The highest BCUT2D eigenvalue weighted by molar-refractivity contribution is 7.14. The number of aromatic nitrogens is 1. The predicted molar refractivity (Wildman–Crippen MR) is 116 cm³/mol. The van der Waals surface area contributed by atoms with Crippen LogP contribution >= 0.6 is 22.7 Å². The Morgan fingerprint density at radius 3 is 2.67 bits per heavy atom. The first-order valence-electron chi connectivity index (χ1n) is 8.82. The van der Waals surface area contributed by atoms with Crippen LogP contribution in [-0.2, 0) is 25.5 Å². The summed E-state index contributed by atoms with van der Waals surface area (Å²) >= 11 is 3.03. The van der Waals surface area contributed by atoms with Crippen molar-refractivity contribution in [2.45, 2.75) is 13.3 Å². The van der Waals surface area contributed by atoms with Crippen LogP contribution in [0.25, 0.3) is 10.6 Å². The molecule has 0 saturated carbocycles. The van der Waals surface area contributed by atoms with E-state index in [-0.39, 0.29) is 12.3 Å². The molecule has 0 atom stereocenters. The van der Waals surface area contributed by atoms with E-state index in [0.717, 1.165) is 10.6 Å². The molecule has 2 N–H and O–H groups in total. The Hall–Kier alpha value is -3.24. The molecule has 0 aliphatic heterocycles. The Labute approximate surface area is 180 Å². The van der Waals surface area contributed by atoms with Crippen molar-refractivity contribution in [2.75, 3.05) is 24.4 Å². The average molecular weight is 446 g/mol. The number of ether oxygens (including phenoxy) is 2. The average Bonchev–Trinajstić information content (AvgIpc) is 3.38. The van der Waals surface area contributed by atoms with Gasteiger partial charge in [-0.25, -0.2) is 4.98 Å². The van der Waals surface area contributed by atoms with Gasteiger partial charge in [-0.1, -0.05) is 0 Å². The molecule has 0 radical (unpaired) electrons. The molecule has 10 heteroatoms. The number of esters is 1. The van der Waals surface area contributed by atoms with Crippen molar-refractivity contribution < 1.29 is 23.9 Å². The number of methoxy groups -OCH3 is 1. The number of nitrogens with zero attached hydrogens (tertiary/aromatic N) is 1. The number of thiophene rings is 1. The van der Waals surface area contributed by atoms with Gasteiger partial charge < -0.3 is 20.1 Å². The molecule has 3 rings (SSSR count). The van der Waals surface area contributed by atoms with E-state index in [1.54, 1.807) is 34.9 Å². The summed E-state index contributed by atoms with van der Waals surface area (Å²) in [6.07, 6.45) is -0.0186. The summed E-state index contributed by atoms with van der Waals surface area (Å²) < 4.78 is 10.3. The minimum Gasteiger partial charge on any atom is -0.495 e. The smallest absolute Gasteiger partial charge is 0.312 e. The highest BCUT2D eigenvalue weighted by Crippen LogP contribution is 2.28. The Morgan fingerprint density at radius 1 is 1.13 bits per heavy atom. The van der Waals surface area contributed by atoms with Crippen LogP contribution < -0.4 is 15.4 Å². The van der Waals surface area contributed by atoms with Crippen LogP contribution in [0.2, 0.25) is 0 Å². The molecule has 8 nitrogen and oxygen atoms in total. The molecule has 156 valence electrons. The fourth-order valence-electron chi connectivity index (χ4n) is 2.52. The Morgan fingerprint density at radius 2 is 1.97 bits per heavy atom. The predicted octanol–water partition coefficient (Wildman–Crippen LogP) is 3.56. The molecule has 2 aromatic heterocycles. The first-order chi connectivity index (χ1) is 14.4. The lowest BCUT2D eigenvalue weighted by atomic mass is 10.2. The van der Waals surface area contributed by atoms with Gasteiger partial charge in [-0.05, 0) is 29.6 Å². The number of anilines is 2. The Kier molecular flexibility index (Phi) is 7.15. The summed E-state index contributed by atoms with van der Waals surface area (Å²) in [6.45, 7) is 0.932. The van der Waals surface area contributed by atoms with E-state index in [1.807, 2.05) is 16.8 Å². The minimum atomic E-state index is -0.550. The molecule has 0 saturated heterocycles. The molecule has 2 amide bonds. The lowest BCUT2D eigenvalue weighted by Crippen LogP contribution is -2.22. The number of hydrogen-bond donors (Lipinski definition) is 2. The minimum absolute atomic E-state index is 0.0186. The van der Waals surface area contributed by atoms with E-state index in [2.05, 4.69) is 15.6 Å². The van der Waals surface area contributed by atoms with Crippen LogP contribution in [0.1, 0.15) is 12.6 Å². The topological polar surface area (TPSA) is 107 Å². The molecule has 0 unspecified atom stereocenters. The van der Waals surface area contributed by atoms with Crippen molar-refractivity contribution in [2.24, 2.45) is 0 Å². The van der Waals surface area contributed by atoms with Gasteiger partial charge in [0.25, 0.3) is 5.91 Å². The van der Waals surface area contributed by atoms with Crippen molar-refractivity contribution in [3.05, 3.63) is 46.1 Å². The summed E-state index contributed by atoms with van der Waals surface area (Å²) in [5, 5.41) is 11.8. The lowest BCUT2D eigenvalue weighted by Gasteiger charge is -2.12. The zero-order valence-electron chi connectivity index (χ0n) is 16.3. The van der Waals surface area contributed by atoms with Gasteiger partial charge in [0.1, 0.15) is 10.8 Å². The molecule has 0 aliphatic rings. The third kappa shape index (κ3) is 5.88. The summed E-state index contributed by atoms with van der Waals surface area (Å²) in [4.78, 5) is 39.9. The molecule has 1 aromatic carbocycles. The van der Waals surface area contributed by atoms with Crippen LogP contribution in [0.4, 0.5) is 11.4 Å². The van der Waals surface area contributed by atoms with Crippen LogP contribution in [0, 0.1) is 0 Å². The summed E-state index contributed by atoms with van der Waals surface area (Å²) in [5.41, 5.74) is 2.46. The number of hydrogen-bond acceptors (Lipinski definition) is 8. The van der Waals surface area contributed by atoms with Crippen molar-refractivity contribution in [3.63, 3.8) is 0 Å². The highest BCUT2D eigenvalue weighted by atomic mass is 32.1. The zero-order chi connectivity index (χ0) is 21.5. The highest BCUT2D eigenvalue weighted by Gasteiger charge is 2.14. The summed E-state index contributed by atoms with van der Waals surface area (Å²) in [6, 6.07) is 6.78. The third-order valence-electron chi connectivity index (χ3n) is 3.80. The van der Waals surface area contributed by atoms with E-state index < -0.39 is 18.5 Å². The van der Waals surface area contributed by atoms with E-state index in [4.69, 9.17) is 9.47 Å². The van der Waals surface area contributed by atoms with Gasteiger partial charge in [-0.15, -0.1) is 11.3 Å². The van der Waals surface area contributed by atoms with Gasteiger partial charge in [0.2, 0.25) is 5.91 Å². The second-order valence-electron chi connectivity index (χ2n) is 6.14. The summed E-state index contributed by atoms with van der Waals surface area (Å²) in [7, 11) is 1.46. The molecule has 0 fully saturated rings. The molecule has 0 spiro atoms. The lowest BCUT2D eigenvalue weighted by molar-refractivity contribution is -0.146. The number of carbonyl (C=O) groups excluding carboxylic acids is 3. The monoisotopic (exact) mass is 445 g/mol. The maximum atomic E-state index is 12.2. The van der Waals surface area contributed by atoms with Gasteiger partial charge >= 0.3 is 5.97 Å². The number of thiazole rings is 1. The third-order valence-corrected chi connectivity index (χ3v) is 5.43. The number of amides is 2. The molecule has 0 bridgehead atoms. The van der Waals surface area contributed by atoms with Crippen molar-refractivity contribution in [1.82, 2.24) is 4.98 Å². The van der Waals surface area contributed by atoms with Crippen LogP contribution in [0.3, 0.4) is 0 Å². The number of carbonyl (C=O) groups is 3. The standard InChI is InChI=1S/C20H19N3O5S2/c1-12(24)21-14-3-4-17(27-2)16(7-14)23-18(25)9-28-19(26)8-15-11-30-20(22-15)13-5-6-29-10-13/h3-7,10-11H,8-9H2,1-2H3,(H,21,24)(H,23,25). The van der Waals surface area contributed by atoms with Crippen molar-refractivity contribution in [3.8, 4) is 16.3 Å². The first-order valence-corrected chi connectivity index (χ1v) is 10.6. The second-order valence-corrected chi connectivity index (χ2v) is 7.78. The van der Waals surface area contributed by atoms with Gasteiger partial charge in [0, 0.05) is 28.9 Å². The Balaban J connectivity index is 1.53.